The van der Waals surface area contributed by atoms with Crippen LogP contribution in [-0.2, 0) is 25.7 Å². The molecule has 2 N–H and O–H groups in total. The minimum Gasteiger partial charge on any atom is -0.497 e. The summed E-state index contributed by atoms with van der Waals surface area (Å²) in [4.78, 5) is 38.8. The Kier molecular flexibility index (Phi) is 8.82. The lowest BCUT2D eigenvalue weighted by Crippen LogP contribution is -2.43. The summed E-state index contributed by atoms with van der Waals surface area (Å²) in [7, 11) is 1.59. The first-order chi connectivity index (χ1) is 15.9. The topological polar surface area (TPSA) is 123 Å². The number of aryl methyl sites for hydroxylation is 1. The van der Waals surface area contributed by atoms with Crippen LogP contribution in [0.4, 0.5) is 5.82 Å². The van der Waals surface area contributed by atoms with Crippen LogP contribution in [-0.4, -0.2) is 55.8 Å². The molecule has 33 heavy (non-hydrogen) atoms. The lowest BCUT2D eigenvalue weighted by atomic mass is 10.2. The van der Waals surface area contributed by atoms with Gasteiger partial charge < -0.3 is 24.6 Å². The number of carbonyl (C=O) groups is 3. The fourth-order valence-corrected chi connectivity index (χ4v) is 3.40. The van der Waals surface area contributed by atoms with E-state index in [1.807, 2.05) is 24.3 Å². The van der Waals surface area contributed by atoms with E-state index < -0.39 is 5.91 Å². The number of anilines is 1. The van der Waals surface area contributed by atoms with E-state index in [0.717, 1.165) is 24.2 Å². The van der Waals surface area contributed by atoms with Crippen LogP contribution in [0, 0.1) is 6.92 Å². The van der Waals surface area contributed by atoms with Gasteiger partial charge in [0.1, 0.15) is 18.1 Å². The average molecular weight is 459 g/mol. The van der Waals surface area contributed by atoms with Gasteiger partial charge in [-0.2, -0.15) is 0 Å². The summed E-state index contributed by atoms with van der Waals surface area (Å²) in [6, 6.07) is 8.91. The van der Waals surface area contributed by atoms with Crippen LogP contribution in [0.5, 0.6) is 5.75 Å². The monoisotopic (exact) mass is 458 g/mol. The van der Waals surface area contributed by atoms with Crippen molar-refractivity contribution >= 4 is 23.5 Å². The molecule has 0 aliphatic carbocycles. The minimum atomic E-state index is -0.393. The Morgan fingerprint density at radius 1 is 1.15 bits per heavy atom. The fraction of sp³-hybridized carbons (Fsp3) is 0.478. The van der Waals surface area contributed by atoms with Crippen molar-refractivity contribution in [2.45, 2.75) is 45.3 Å². The van der Waals surface area contributed by atoms with E-state index in [-0.39, 0.29) is 43.1 Å². The molecule has 178 valence electrons. The fourth-order valence-electron chi connectivity index (χ4n) is 3.40. The van der Waals surface area contributed by atoms with E-state index in [9.17, 15) is 14.4 Å². The molecule has 0 radical (unpaired) electrons. The van der Waals surface area contributed by atoms with E-state index >= 15 is 0 Å². The maximum Gasteiger partial charge on any atom is 0.240 e. The molecule has 1 aromatic heterocycles. The standard InChI is InChI=1S/C23H30N4O6/c1-16-12-20(26-33-16)27(15-22(29)25-14-19-4-3-11-32-19)23(30)10-9-21(28)24-13-17-5-7-18(31-2)8-6-17/h5-8,12,19H,3-4,9-11,13-15H2,1-2H3,(H,24,28)(H,25,29). The maximum absolute atomic E-state index is 12.8. The van der Waals surface area contributed by atoms with Gasteiger partial charge in [-0.1, -0.05) is 17.3 Å². The molecule has 10 heteroatoms. The number of methoxy groups -OCH3 is 1. The number of nitrogens with zero attached hydrogens (tertiary/aromatic N) is 2. The number of rotatable bonds is 11. The number of nitrogens with one attached hydrogen (secondary N) is 2. The highest BCUT2D eigenvalue weighted by Gasteiger charge is 2.24. The molecular weight excluding hydrogens is 428 g/mol. The molecule has 1 saturated heterocycles. The summed E-state index contributed by atoms with van der Waals surface area (Å²) in [5, 5.41) is 9.44. The van der Waals surface area contributed by atoms with Crippen molar-refractivity contribution in [3.63, 3.8) is 0 Å². The molecule has 2 heterocycles. The molecule has 3 rings (SSSR count). The molecule has 0 saturated carbocycles. The summed E-state index contributed by atoms with van der Waals surface area (Å²) in [6.45, 7) is 2.92. The van der Waals surface area contributed by atoms with Gasteiger partial charge in [0, 0.05) is 38.6 Å². The third-order valence-corrected chi connectivity index (χ3v) is 5.26. The molecule has 0 bridgehead atoms. The van der Waals surface area contributed by atoms with Crippen molar-refractivity contribution in [3.05, 3.63) is 41.7 Å². The van der Waals surface area contributed by atoms with Crippen molar-refractivity contribution in [1.82, 2.24) is 15.8 Å². The molecule has 1 fully saturated rings. The second kappa shape index (κ2) is 12.0. The van der Waals surface area contributed by atoms with Crippen molar-refractivity contribution < 1.29 is 28.4 Å². The minimum absolute atomic E-state index is 0.00166. The van der Waals surface area contributed by atoms with E-state index in [1.165, 1.54) is 4.90 Å². The lowest BCUT2D eigenvalue weighted by molar-refractivity contribution is -0.126. The predicted octanol–water partition coefficient (Wildman–Crippen LogP) is 1.72. The van der Waals surface area contributed by atoms with Crippen LogP contribution in [0.2, 0.25) is 0 Å². The Morgan fingerprint density at radius 3 is 2.58 bits per heavy atom. The van der Waals surface area contributed by atoms with Crippen LogP contribution in [0.15, 0.2) is 34.9 Å². The summed E-state index contributed by atoms with van der Waals surface area (Å²) in [6.07, 6.45) is 1.79. The van der Waals surface area contributed by atoms with Gasteiger partial charge in [-0.05, 0) is 37.5 Å². The number of benzene rings is 1. The van der Waals surface area contributed by atoms with Crippen LogP contribution in [0.3, 0.4) is 0 Å². The van der Waals surface area contributed by atoms with Gasteiger partial charge in [0.25, 0.3) is 0 Å². The zero-order valence-electron chi connectivity index (χ0n) is 19.0. The molecule has 1 aliphatic rings. The number of hydrogen-bond donors (Lipinski definition) is 2. The lowest BCUT2D eigenvalue weighted by Gasteiger charge is -2.20. The Bertz CT molecular complexity index is 937. The first-order valence-corrected chi connectivity index (χ1v) is 11.0. The average Bonchev–Trinajstić information content (AvgIpc) is 3.50. The first kappa shape index (κ1) is 24.2. The number of hydrogen-bond acceptors (Lipinski definition) is 7. The number of ether oxygens (including phenoxy) is 2. The van der Waals surface area contributed by atoms with Gasteiger partial charge >= 0.3 is 0 Å². The van der Waals surface area contributed by atoms with Crippen molar-refractivity contribution in [3.8, 4) is 5.75 Å². The van der Waals surface area contributed by atoms with Crippen LogP contribution >= 0.6 is 0 Å². The Morgan fingerprint density at radius 2 is 1.94 bits per heavy atom. The Balaban J connectivity index is 1.49. The first-order valence-electron chi connectivity index (χ1n) is 11.0. The zero-order valence-corrected chi connectivity index (χ0v) is 19.0. The number of aromatic nitrogens is 1. The number of amides is 3. The highest BCUT2D eigenvalue weighted by molar-refractivity contribution is 5.99. The van der Waals surface area contributed by atoms with E-state index in [4.69, 9.17) is 14.0 Å². The molecule has 1 unspecified atom stereocenters. The van der Waals surface area contributed by atoms with Crippen LogP contribution in [0.25, 0.3) is 0 Å². The largest absolute Gasteiger partial charge is 0.497 e. The van der Waals surface area contributed by atoms with E-state index in [1.54, 1.807) is 20.1 Å². The van der Waals surface area contributed by atoms with Crippen LogP contribution in [0.1, 0.15) is 37.0 Å². The van der Waals surface area contributed by atoms with Crippen LogP contribution < -0.4 is 20.3 Å². The predicted molar refractivity (Wildman–Crippen MR) is 120 cm³/mol. The van der Waals surface area contributed by atoms with Gasteiger partial charge in [-0.3, -0.25) is 19.3 Å². The molecule has 1 atom stereocenters. The summed E-state index contributed by atoms with van der Waals surface area (Å²) >= 11 is 0. The smallest absolute Gasteiger partial charge is 0.240 e. The molecular formula is C23H30N4O6. The van der Waals surface area contributed by atoms with Gasteiger partial charge in [0.15, 0.2) is 5.82 Å². The van der Waals surface area contributed by atoms with Gasteiger partial charge in [-0.25, -0.2) is 0 Å². The quantitative estimate of drug-likeness (QED) is 0.526. The van der Waals surface area contributed by atoms with Crippen molar-refractivity contribution in [2.24, 2.45) is 0 Å². The van der Waals surface area contributed by atoms with Crippen molar-refractivity contribution in [2.75, 3.05) is 31.7 Å². The molecule has 2 aromatic rings. The molecule has 1 aromatic carbocycles. The molecule has 3 amide bonds. The summed E-state index contributed by atoms with van der Waals surface area (Å²) in [5.41, 5.74) is 0.915. The van der Waals surface area contributed by atoms with Gasteiger partial charge in [0.05, 0.1) is 13.2 Å². The SMILES string of the molecule is COc1ccc(CNC(=O)CCC(=O)N(CC(=O)NCC2CCCO2)c2cc(C)on2)cc1. The molecule has 0 spiro atoms. The van der Waals surface area contributed by atoms with E-state index in [0.29, 0.717) is 25.5 Å². The highest BCUT2D eigenvalue weighted by atomic mass is 16.5. The van der Waals surface area contributed by atoms with Gasteiger partial charge in [-0.15, -0.1) is 0 Å². The van der Waals surface area contributed by atoms with Gasteiger partial charge in [0.2, 0.25) is 17.7 Å². The number of carbonyl (C=O) groups excluding carboxylic acids is 3. The highest BCUT2D eigenvalue weighted by Crippen LogP contribution is 2.16. The second-order valence-corrected chi connectivity index (χ2v) is 7.84. The summed E-state index contributed by atoms with van der Waals surface area (Å²) in [5.74, 6) is 0.499. The van der Waals surface area contributed by atoms with E-state index in [2.05, 4.69) is 15.8 Å². The Labute approximate surface area is 192 Å². The molecule has 1 aliphatic heterocycles. The molecule has 10 nitrogen and oxygen atoms in total. The third-order valence-electron chi connectivity index (χ3n) is 5.26. The van der Waals surface area contributed by atoms with Crippen molar-refractivity contribution in [1.29, 1.82) is 0 Å². The normalized spacial score (nSPS) is 15.2. The second-order valence-electron chi connectivity index (χ2n) is 7.84. The summed E-state index contributed by atoms with van der Waals surface area (Å²) < 4.78 is 15.7. The zero-order chi connectivity index (χ0) is 23.6. The Hall–Kier alpha value is -3.40. The third kappa shape index (κ3) is 7.60. The maximum atomic E-state index is 12.8.